The Morgan fingerprint density at radius 3 is 1.35 bits per heavy atom. The third-order valence-corrected chi connectivity index (χ3v) is 6.20. The van der Waals surface area contributed by atoms with Crippen molar-refractivity contribution in [1.82, 2.24) is 4.90 Å². The molecule has 1 N–H and O–H groups in total. The predicted octanol–water partition coefficient (Wildman–Crippen LogP) is 2.93. The number of ether oxygens (including phenoxy) is 10. The van der Waals surface area contributed by atoms with Crippen molar-refractivity contribution >= 4 is 23.2 Å². The summed E-state index contributed by atoms with van der Waals surface area (Å²) >= 11 is 0. The van der Waals surface area contributed by atoms with Crippen molar-refractivity contribution < 1.29 is 62.0 Å². The number of carbonyl (C=O) groups excluding carboxylic acids is 1. The second-order valence-corrected chi connectivity index (χ2v) is 11.6. The first-order chi connectivity index (χ1) is 24.5. The number of hydrogen-bond donors (Lipinski definition) is 1. The van der Waals surface area contributed by atoms with Crippen LogP contribution in [0.25, 0.3) is 0 Å². The van der Waals surface area contributed by atoms with E-state index < -0.39 is 15.4 Å². The molecule has 51 heavy (non-hydrogen) atoms. The fourth-order valence-corrected chi connectivity index (χ4v) is 3.69. The average Bonchev–Trinajstić information content (AvgIpc) is 3.08. The highest BCUT2D eigenvalue weighted by Crippen LogP contribution is 2.28. The molecule has 19 heteroatoms. The van der Waals surface area contributed by atoms with Crippen molar-refractivity contribution in [3.05, 3.63) is 38.4 Å². The Morgan fingerprint density at radius 2 is 1.00 bits per heavy atom. The lowest BCUT2D eigenvalue weighted by Crippen LogP contribution is -2.36. The fourth-order valence-electron chi connectivity index (χ4n) is 3.69. The van der Waals surface area contributed by atoms with E-state index in [0.717, 1.165) is 6.07 Å². The maximum atomic E-state index is 11.9. The van der Waals surface area contributed by atoms with Crippen LogP contribution in [-0.2, 0) is 47.4 Å². The van der Waals surface area contributed by atoms with Crippen LogP contribution < -0.4 is 5.32 Å². The highest BCUT2D eigenvalue weighted by Gasteiger charge is 2.20. The van der Waals surface area contributed by atoms with Crippen molar-refractivity contribution in [3.8, 4) is 0 Å². The lowest BCUT2D eigenvalue weighted by molar-refractivity contribution is -0.393. The molecular formula is C32H56N4O15. The van der Waals surface area contributed by atoms with Gasteiger partial charge in [0, 0.05) is 26.2 Å². The molecule has 1 aromatic carbocycles. The van der Waals surface area contributed by atoms with E-state index >= 15 is 0 Å². The van der Waals surface area contributed by atoms with E-state index in [4.69, 9.17) is 47.4 Å². The Hall–Kier alpha value is -3.27. The smallest absolute Gasteiger partial charge is 0.410 e. The van der Waals surface area contributed by atoms with Crippen LogP contribution in [0.1, 0.15) is 20.8 Å². The lowest BCUT2D eigenvalue weighted by Gasteiger charge is -2.24. The van der Waals surface area contributed by atoms with Crippen LogP contribution >= 0.6 is 0 Å². The third-order valence-electron chi connectivity index (χ3n) is 6.20. The van der Waals surface area contributed by atoms with Gasteiger partial charge in [0.25, 0.3) is 11.4 Å². The number of anilines is 1. The van der Waals surface area contributed by atoms with Crippen LogP contribution in [0.5, 0.6) is 0 Å². The monoisotopic (exact) mass is 736 g/mol. The summed E-state index contributed by atoms with van der Waals surface area (Å²) in [5, 5.41) is 24.8. The Balaban J connectivity index is 1.76. The van der Waals surface area contributed by atoms with E-state index in [1.807, 2.05) is 20.8 Å². The molecule has 0 heterocycles. The van der Waals surface area contributed by atoms with Crippen LogP contribution in [0.4, 0.5) is 21.9 Å². The molecule has 0 fully saturated rings. The molecule has 19 nitrogen and oxygen atoms in total. The van der Waals surface area contributed by atoms with Gasteiger partial charge in [0.2, 0.25) is 0 Å². The Morgan fingerprint density at radius 1 is 0.627 bits per heavy atom. The van der Waals surface area contributed by atoms with E-state index in [9.17, 15) is 25.0 Å². The van der Waals surface area contributed by atoms with Gasteiger partial charge in [-0.2, -0.15) is 0 Å². The zero-order valence-electron chi connectivity index (χ0n) is 30.3. The minimum atomic E-state index is -0.684. The average molecular weight is 737 g/mol. The second kappa shape index (κ2) is 29.3. The van der Waals surface area contributed by atoms with Crippen LogP contribution in [0.3, 0.4) is 0 Å². The Bertz CT molecular complexity index is 1080. The summed E-state index contributed by atoms with van der Waals surface area (Å²) < 4.78 is 54.3. The first-order valence-electron chi connectivity index (χ1n) is 16.8. The fraction of sp³-hybridized carbons (Fsp3) is 0.781. The first kappa shape index (κ1) is 45.8. The number of likely N-dealkylation sites (N-methyl/N-ethyl adjacent to an activating group) is 1. The van der Waals surface area contributed by atoms with Gasteiger partial charge in [-0.05, 0) is 26.8 Å². The van der Waals surface area contributed by atoms with Crippen LogP contribution in [0.2, 0.25) is 0 Å². The standard InChI is InChI=1S/C32H56N4O15/c1-32(2,3)51-31(37)34(4)8-10-43-12-14-45-16-18-47-20-22-49-24-26-50-25-23-48-21-19-46-17-15-44-13-11-42-9-7-33-29-6-5-28(35(38)39)27-30(29)36(40)41/h5-6,27,33H,7-26H2,1-4H3. The highest BCUT2D eigenvalue weighted by atomic mass is 16.6. The number of nitrogens with zero attached hydrogens (tertiary/aromatic N) is 3. The summed E-state index contributed by atoms with van der Waals surface area (Å²) in [6.45, 7) is 13.7. The predicted molar refractivity (Wildman–Crippen MR) is 184 cm³/mol. The van der Waals surface area contributed by atoms with Gasteiger partial charge in [-0.3, -0.25) is 20.2 Å². The normalized spacial score (nSPS) is 11.5. The molecule has 0 saturated heterocycles. The number of carbonyl (C=O) groups is 1. The molecule has 294 valence electrons. The molecule has 1 amide bonds. The van der Waals surface area contributed by atoms with Crippen molar-refractivity contribution in [2.45, 2.75) is 26.4 Å². The van der Waals surface area contributed by atoms with Crippen molar-refractivity contribution in [3.63, 3.8) is 0 Å². The van der Waals surface area contributed by atoms with Gasteiger partial charge in [0.1, 0.15) is 11.3 Å². The highest BCUT2D eigenvalue weighted by molar-refractivity contribution is 5.67. The molecule has 1 aromatic rings. The Labute approximate surface area is 299 Å². The zero-order chi connectivity index (χ0) is 37.6. The van der Waals surface area contributed by atoms with E-state index in [1.165, 1.54) is 17.0 Å². The summed E-state index contributed by atoms with van der Waals surface area (Å²) in [6, 6.07) is 3.42. The summed E-state index contributed by atoms with van der Waals surface area (Å²) in [6.07, 6.45) is -0.378. The summed E-state index contributed by atoms with van der Waals surface area (Å²) in [7, 11) is 1.67. The topological polar surface area (TPSA) is 211 Å². The van der Waals surface area contributed by atoms with Crippen molar-refractivity contribution in [2.24, 2.45) is 0 Å². The molecular weight excluding hydrogens is 680 g/mol. The largest absolute Gasteiger partial charge is 0.444 e. The van der Waals surface area contributed by atoms with Gasteiger partial charge in [-0.15, -0.1) is 0 Å². The molecule has 0 unspecified atom stereocenters. The van der Waals surface area contributed by atoms with Crippen LogP contribution in [0, 0.1) is 20.2 Å². The SMILES string of the molecule is CN(CCOCCOCCOCCOCCOCCOCCOCCOCCOCCNc1ccc([N+](=O)[O-])cc1[N+](=O)[O-])C(=O)OC(C)(C)C. The van der Waals surface area contributed by atoms with Crippen LogP contribution in [-0.4, -0.2) is 166 Å². The summed E-state index contributed by atoms with van der Waals surface area (Å²) in [5.41, 5.74) is -1.06. The van der Waals surface area contributed by atoms with Crippen LogP contribution in [0.15, 0.2) is 18.2 Å². The molecule has 0 radical (unpaired) electrons. The number of benzene rings is 1. The maximum Gasteiger partial charge on any atom is 0.410 e. The molecule has 0 aliphatic heterocycles. The maximum absolute atomic E-state index is 11.9. The second-order valence-electron chi connectivity index (χ2n) is 11.6. The van der Waals surface area contributed by atoms with Crippen molar-refractivity contribution in [1.29, 1.82) is 0 Å². The number of non-ortho nitro benzene ring substituents is 1. The number of nitro benzene ring substituents is 2. The molecule has 0 aromatic heterocycles. The van der Waals surface area contributed by atoms with Crippen molar-refractivity contribution in [2.75, 3.05) is 144 Å². The van der Waals surface area contributed by atoms with E-state index in [1.54, 1.807) is 7.05 Å². The molecule has 0 aliphatic rings. The Kier molecular flexibility index (Phi) is 26.3. The van der Waals surface area contributed by atoms with Gasteiger partial charge in [-0.1, -0.05) is 0 Å². The van der Waals surface area contributed by atoms with E-state index in [-0.39, 0.29) is 36.3 Å². The molecule has 0 aliphatic carbocycles. The number of rotatable bonds is 33. The minimum Gasteiger partial charge on any atom is -0.444 e. The van der Waals surface area contributed by atoms with Gasteiger partial charge in [0.05, 0.1) is 135 Å². The first-order valence-corrected chi connectivity index (χ1v) is 16.8. The molecule has 0 bridgehead atoms. The van der Waals surface area contributed by atoms with E-state index in [0.29, 0.717) is 119 Å². The molecule has 1 rings (SSSR count). The van der Waals surface area contributed by atoms with Gasteiger partial charge >= 0.3 is 6.09 Å². The third kappa shape index (κ3) is 26.2. The molecule has 0 atom stereocenters. The number of nitro groups is 2. The quantitative estimate of drug-likeness (QED) is 0.0624. The van der Waals surface area contributed by atoms with Gasteiger partial charge in [-0.25, -0.2) is 4.79 Å². The molecule has 0 saturated carbocycles. The van der Waals surface area contributed by atoms with Gasteiger partial charge < -0.3 is 57.6 Å². The van der Waals surface area contributed by atoms with E-state index in [2.05, 4.69) is 5.32 Å². The zero-order valence-corrected chi connectivity index (χ0v) is 30.3. The number of amides is 1. The number of hydrogen-bond acceptors (Lipinski definition) is 16. The number of nitrogens with one attached hydrogen (secondary N) is 1. The minimum absolute atomic E-state index is 0.182. The molecule has 0 spiro atoms. The summed E-state index contributed by atoms with van der Waals surface area (Å²) in [5.74, 6) is 0. The lowest BCUT2D eigenvalue weighted by atomic mass is 10.2. The summed E-state index contributed by atoms with van der Waals surface area (Å²) in [4.78, 5) is 33.9. The van der Waals surface area contributed by atoms with Gasteiger partial charge in [0.15, 0.2) is 0 Å².